The molecule has 1 N–H and O–H groups in total. The van der Waals surface area contributed by atoms with Crippen LogP contribution in [0.5, 0.6) is 5.75 Å². The third-order valence-corrected chi connectivity index (χ3v) is 2.63. The maximum atomic E-state index is 12.7. The number of phenolic OH excluding ortho intramolecular Hbond substituents is 1. The summed E-state index contributed by atoms with van der Waals surface area (Å²) >= 11 is 0. The standard InChI is InChI=1S/C12H6F6O/c13-11(14,15)7-4-5-9(19)10-6(7)2-1-3-8(10)12(16,17)18/h1-5,19H. The highest BCUT2D eigenvalue weighted by Crippen LogP contribution is 2.43. The molecule has 0 unspecified atom stereocenters. The van der Waals surface area contributed by atoms with Gasteiger partial charge in [0.2, 0.25) is 0 Å². The fraction of sp³-hybridized carbons (Fsp3) is 0.167. The van der Waals surface area contributed by atoms with Crippen LogP contribution < -0.4 is 0 Å². The van der Waals surface area contributed by atoms with Gasteiger partial charge in [-0.05, 0) is 23.6 Å². The van der Waals surface area contributed by atoms with Crippen LogP contribution in [0.3, 0.4) is 0 Å². The van der Waals surface area contributed by atoms with Crippen molar-refractivity contribution in [2.45, 2.75) is 12.4 Å². The Kier molecular flexibility index (Phi) is 2.87. The summed E-state index contributed by atoms with van der Waals surface area (Å²) in [7, 11) is 0. The minimum Gasteiger partial charge on any atom is -0.507 e. The number of aromatic hydroxyl groups is 1. The van der Waals surface area contributed by atoms with Crippen LogP contribution in [0.4, 0.5) is 26.3 Å². The summed E-state index contributed by atoms with van der Waals surface area (Å²) in [6, 6.07) is 3.56. The molecule has 0 spiro atoms. The Morgan fingerprint density at radius 2 is 1.32 bits per heavy atom. The smallest absolute Gasteiger partial charge is 0.417 e. The SMILES string of the molecule is Oc1ccc(C(F)(F)F)c2cccc(C(F)(F)F)c12. The summed E-state index contributed by atoms with van der Waals surface area (Å²) in [4.78, 5) is 0. The van der Waals surface area contributed by atoms with E-state index < -0.39 is 40.0 Å². The molecule has 0 saturated heterocycles. The van der Waals surface area contributed by atoms with Crippen LogP contribution in [-0.4, -0.2) is 5.11 Å². The summed E-state index contributed by atoms with van der Waals surface area (Å²) in [5, 5.41) is 7.92. The van der Waals surface area contributed by atoms with E-state index in [1.807, 2.05) is 0 Å². The number of rotatable bonds is 0. The van der Waals surface area contributed by atoms with E-state index >= 15 is 0 Å². The molecule has 102 valence electrons. The molecular formula is C12H6F6O. The van der Waals surface area contributed by atoms with Crippen molar-refractivity contribution in [2.24, 2.45) is 0 Å². The molecular weight excluding hydrogens is 274 g/mol. The highest BCUT2D eigenvalue weighted by molar-refractivity contribution is 5.94. The predicted molar refractivity (Wildman–Crippen MR) is 55.6 cm³/mol. The lowest BCUT2D eigenvalue weighted by atomic mass is 9.98. The number of hydrogen-bond donors (Lipinski definition) is 1. The Hall–Kier alpha value is -1.92. The molecule has 0 amide bonds. The fourth-order valence-electron chi connectivity index (χ4n) is 1.87. The minimum atomic E-state index is -4.85. The average Bonchev–Trinajstić information content (AvgIpc) is 2.25. The Morgan fingerprint density at radius 1 is 0.737 bits per heavy atom. The molecule has 0 aromatic heterocycles. The van der Waals surface area contributed by atoms with Crippen LogP contribution in [0, 0.1) is 0 Å². The van der Waals surface area contributed by atoms with Crippen molar-refractivity contribution in [3.05, 3.63) is 41.5 Å². The van der Waals surface area contributed by atoms with Crippen molar-refractivity contribution in [3.8, 4) is 5.75 Å². The third-order valence-electron chi connectivity index (χ3n) is 2.63. The van der Waals surface area contributed by atoms with Crippen molar-refractivity contribution < 1.29 is 31.4 Å². The fourth-order valence-corrected chi connectivity index (χ4v) is 1.87. The maximum Gasteiger partial charge on any atom is 0.417 e. The van der Waals surface area contributed by atoms with Gasteiger partial charge < -0.3 is 5.11 Å². The monoisotopic (exact) mass is 280 g/mol. The van der Waals surface area contributed by atoms with Crippen LogP contribution in [0.2, 0.25) is 0 Å². The molecule has 0 atom stereocenters. The Labute approximate surface area is 103 Å². The number of benzene rings is 2. The van der Waals surface area contributed by atoms with Gasteiger partial charge in [-0.3, -0.25) is 0 Å². The second kappa shape index (κ2) is 4.04. The Bertz CT molecular complexity index is 626. The number of hydrogen-bond acceptors (Lipinski definition) is 1. The first-order valence-electron chi connectivity index (χ1n) is 5.01. The van der Waals surface area contributed by atoms with Gasteiger partial charge in [0.1, 0.15) is 5.75 Å². The molecule has 0 aliphatic heterocycles. The van der Waals surface area contributed by atoms with Crippen molar-refractivity contribution >= 4 is 10.8 Å². The highest BCUT2D eigenvalue weighted by Gasteiger charge is 2.37. The summed E-state index contributed by atoms with van der Waals surface area (Å²) in [6.45, 7) is 0. The number of phenols is 1. The van der Waals surface area contributed by atoms with Crippen LogP contribution in [0.1, 0.15) is 11.1 Å². The van der Waals surface area contributed by atoms with E-state index in [2.05, 4.69) is 0 Å². The van der Waals surface area contributed by atoms with E-state index in [4.69, 9.17) is 0 Å². The molecule has 0 heterocycles. The molecule has 7 heteroatoms. The van der Waals surface area contributed by atoms with E-state index in [0.29, 0.717) is 18.2 Å². The van der Waals surface area contributed by atoms with Gasteiger partial charge in [-0.15, -0.1) is 0 Å². The summed E-state index contributed by atoms with van der Waals surface area (Å²) in [5.74, 6) is -0.837. The largest absolute Gasteiger partial charge is 0.507 e. The zero-order valence-electron chi connectivity index (χ0n) is 9.10. The van der Waals surface area contributed by atoms with Crippen molar-refractivity contribution in [1.82, 2.24) is 0 Å². The first-order chi connectivity index (χ1) is 8.62. The average molecular weight is 280 g/mol. The predicted octanol–water partition coefficient (Wildman–Crippen LogP) is 4.58. The molecule has 2 aromatic rings. The van der Waals surface area contributed by atoms with Gasteiger partial charge in [0.15, 0.2) is 0 Å². The van der Waals surface area contributed by atoms with Gasteiger partial charge in [0.05, 0.1) is 11.1 Å². The molecule has 2 aromatic carbocycles. The van der Waals surface area contributed by atoms with E-state index in [9.17, 15) is 31.4 Å². The van der Waals surface area contributed by atoms with Crippen LogP contribution >= 0.6 is 0 Å². The minimum absolute atomic E-state index is 0.553. The zero-order chi connectivity index (χ0) is 14.4. The molecule has 1 nitrogen and oxygen atoms in total. The third kappa shape index (κ3) is 2.32. The van der Waals surface area contributed by atoms with Crippen LogP contribution in [-0.2, 0) is 12.4 Å². The second-order valence-corrected chi connectivity index (χ2v) is 3.86. The van der Waals surface area contributed by atoms with Crippen LogP contribution in [0.25, 0.3) is 10.8 Å². The van der Waals surface area contributed by atoms with Gasteiger partial charge in [0.25, 0.3) is 0 Å². The number of fused-ring (bicyclic) bond motifs is 1. The van der Waals surface area contributed by atoms with Gasteiger partial charge in [-0.25, -0.2) is 0 Å². The van der Waals surface area contributed by atoms with Gasteiger partial charge in [-0.2, -0.15) is 26.3 Å². The zero-order valence-corrected chi connectivity index (χ0v) is 9.10. The normalized spacial score (nSPS) is 12.9. The molecule has 0 aliphatic rings. The van der Waals surface area contributed by atoms with Crippen molar-refractivity contribution in [3.63, 3.8) is 0 Å². The molecule has 19 heavy (non-hydrogen) atoms. The molecule has 0 bridgehead atoms. The van der Waals surface area contributed by atoms with Gasteiger partial charge in [-0.1, -0.05) is 12.1 Å². The molecule has 0 aliphatic carbocycles. The first-order valence-corrected chi connectivity index (χ1v) is 5.01. The lowest BCUT2D eigenvalue weighted by Crippen LogP contribution is -2.09. The first kappa shape index (κ1) is 13.5. The van der Waals surface area contributed by atoms with E-state index in [0.717, 1.165) is 12.1 Å². The van der Waals surface area contributed by atoms with Crippen molar-refractivity contribution in [1.29, 1.82) is 0 Å². The summed E-state index contributed by atoms with van der Waals surface area (Å²) < 4.78 is 76.3. The quantitative estimate of drug-likeness (QED) is 0.700. The van der Waals surface area contributed by atoms with Crippen LogP contribution in [0.15, 0.2) is 30.3 Å². The lowest BCUT2D eigenvalue weighted by Gasteiger charge is -2.15. The Balaban J connectivity index is 2.92. The number of alkyl halides is 6. The maximum absolute atomic E-state index is 12.7. The topological polar surface area (TPSA) is 20.2 Å². The molecule has 0 radical (unpaired) electrons. The summed E-state index contributed by atoms with van der Waals surface area (Å²) in [5.41, 5.74) is -2.51. The Morgan fingerprint density at radius 3 is 1.84 bits per heavy atom. The number of halogens is 6. The molecule has 0 saturated carbocycles. The molecule has 0 fully saturated rings. The van der Waals surface area contributed by atoms with Gasteiger partial charge in [0, 0.05) is 5.39 Å². The van der Waals surface area contributed by atoms with E-state index in [1.165, 1.54) is 0 Å². The van der Waals surface area contributed by atoms with Crippen molar-refractivity contribution in [2.75, 3.05) is 0 Å². The second-order valence-electron chi connectivity index (χ2n) is 3.86. The highest BCUT2D eigenvalue weighted by atomic mass is 19.4. The summed E-state index contributed by atoms with van der Waals surface area (Å²) in [6.07, 6.45) is -9.64. The molecule has 2 rings (SSSR count). The van der Waals surface area contributed by atoms with Gasteiger partial charge >= 0.3 is 12.4 Å². The van der Waals surface area contributed by atoms with E-state index in [1.54, 1.807) is 0 Å². The van der Waals surface area contributed by atoms with E-state index in [-0.39, 0.29) is 0 Å². The lowest BCUT2D eigenvalue weighted by molar-refractivity contribution is -0.138.